The van der Waals surface area contributed by atoms with Gasteiger partial charge in [0.25, 0.3) is 0 Å². The van der Waals surface area contributed by atoms with Crippen LogP contribution in [0.5, 0.6) is 0 Å². The third-order valence-corrected chi connectivity index (χ3v) is 1.96. The Kier molecular flexibility index (Phi) is 3.01. The lowest BCUT2D eigenvalue weighted by molar-refractivity contribution is -0.133. The predicted octanol–water partition coefficient (Wildman–Crippen LogP) is 1.71. The molecule has 0 aliphatic carbocycles. The summed E-state index contributed by atoms with van der Waals surface area (Å²) in [6.07, 6.45) is 0.129. The Labute approximate surface area is 82.4 Å². The van der Waals surface area contributed by atoms with Crippen molar-refractivity contribution in [2.24, 2.45) is 0 Å². The molecule has 0 atom stereocenters. The molecule has 0 saturated heterocycles. The lowest BCUT2D eigenvalue weighted by atomic mass is 9.97. The number of aliphatic hydroxyl groups is 1. The van der Waals surface area contributed by atoms with E-state index in [1.54, 1.807) is 12.1 Å². The molecule has 0 spiro atoms. The average Bonchev–Trinajstić information content (AvgIpc) is 2.07. The van der Waals surface area contributed by atoms with E-state index in [2.05, 4.69) is 0 Å². The lowest BCUT2D eigenvalue weighted by Crippen LogP contribution is -2.32. The van der Waals surface area contributed by atoms with Crippen LogP contribution in [-0.4, -0.2) is 16.5 Å². The van der Waals surface area contributed by atoms with E-state index in [-0.39, 0.29) is 18.0 Å². The van der Waals surface area contributed by atoms with Crippen LogP contribution in [-0.2, 0) is 11.2 Å². The normalized spacial score (nSPS) is 11.4. The maximum atomic E-state index is 12.5. The van der Waals surface area contributed by atoms with Crippen LogP contribution in [0.3, 0.4) is 0 Å². The summed E-state index contributed by atoms with van der Waals surface area (Å²) in [7, 11) is 0. The van der Waals surface area contributed by atoms with E-state index in [1.165, 1.54) is 26.0 Å². The van der Waals surface area contributed by atoms with Crippen LogP contribution < -0.4 is 0 Å². The van der Waals surface area contributed by atoms with E-state index in [0.29, 0.717) is 5.56 Å². The second-order valence-corrected chi connectivity index (χ2v) is 3.79. The van der Waals surface area contributed by atoms with Crippen LogP contribution in [0.4, 0.5) is 4.39 Å². The predicted molar refractivity (Wildman–Crippen MR) is 51.4 cm³/mol. The molecule has 0 radical (unpaired) electrons. The minimum Gasteiger partial charge on any atom is -0.383 e. The number of halogens is 1. The highest BCUT2D eigenvalue weighted by Crippen LogP contribution is 2.10. The van der Waals surface area contributed by atoms with Crippen molar-refractivity contribution in [3.8, 4) is 0 Å². The summed E-state index contributed by atoms with van der Waals surface area (Å²) in [4.78, 5) is 11.4. The highest BCUT2D eigenvalue weighted by Gasteiger charge is 2.23. The zero-order valence-electron chi connectivity index (χ0n) is 8.25. The topological polar surface area (TPSA) is 37.3 Å². The van der Waals surface area contributed by atoms with Gasteiger partial charge in [-0.1, -0.05) is 12.1 Å². The molecular formula is C11H13FO2. The molecule has 76 valence electrons. The van der Waals surface area contributed by atoms with Gasteiger partial charge in [-0.05, 0) is 31.5 Å². The quantitative estimate of drug-likeness (QED) is 0.799. The highest BCUT2D eigenvalue weighted by molar-refractivity contribution is 5.88. The molecule has 1 N–H and O–H groups in total. The largest absolute Gasteiger partial charge is 0.383 e. The smallest absolute Gasteiger partial charge is 0.168 e. The van der Waals surface area contributed by atoms with Gasteiger partial charge in [-0.15, -0.1) is 0 Å². The second kappa shape index (κ2) is 3.88. The molecule has 0 unspecified atom stereocenters. The molecule has 1 aromatic carbocycles. The zero-order chi connectivity index (χ0) is 10.8. The zero-order valence-corrected chi connectivity index (χ0v) is 8.25. The van der Waals surface area contributed by atoms with E-state index in [9.17, 15) is 14.3 Å². The van der Waals surface area contributed by atoms with Gasteiger partial charge in [0.1, 0.15) is 11.4 Å². The minimum absolute atomic E-state index is 0.129. The summed E-state index contributed by atoms with van der Waals surface area (Å²) in [5.74, 6) is -0.603. The van der Waals surface area contributed by atoms with E-state index in [1.807, 2.05) is 0 Å². The third kappa shape index (κ3) is 2.92. The Morgan fingerprint density at radius 3 is 2.29 bits per heavy atom. The molecule has 0 aliphatic rings. The van der Waals surface area contributed by atoms with Gasteiger partial charge in [-0.2, -0.15) is 0 Å². The van der Waals surface area contributed by atoms with E-state index in [0.717, 1.165) is 0 Å². The number of hydrogen-bond acceptors (Lipinski definition) is 2. The van der Waals surface area contributed by atoms with Gasteiger partial charge < -0.3 is 5.11 Å². The van der Waals surface area contributed by atoms with Gasteiger partial charge in [-0.3, -0.25) is 4.79 Å². The summed E-state index contributed by atoms with van der Waals surface area (Å²) in [6.45, 7) is 2.89. The van der Waals surface area contributed by atoms with Crippen molar-refractivity contribution >= 4 is 5.78 Å². The van der Waals surface area contributed by atoms with E-state index >= 15 is 0 Å². The molecule has 0 aromatic heterocycles. The molecule has 0 aliphatic heterocycles. The van der Waals surface area contributed by atoms with Gasteiger partial charge in [0.2, 0.25) is 0 Å². The number of rotatable bonds is 3. The molecule has 1 rings (SSSR count). The number of Topliss-reactive ketones (excluding diaryl/α,β-unsaturated/α-hetero) is 1. The number of carbonyl (C=O) groups is 1. The molecule has 2 nitrogen and oxygen atoms in total. The maximum absolute atomic E-state index is 12.5. The van der Waals surface area contributed by atoms with Crippen LogP contribution in [0.1, 0.15) is 19.4 Å². The fourth-order valence-corrected chi connectivity index (χ4v) is 1.00. The van der Waals surface area contributed by atoms with Crippen molar-refractivity contribution in [2.45, 2.75) is 25.9 Å². The van der Waals surface area contributed by atoms with Crippen LogP contribution in [0, 0.1) is 5.82 Å². The first-order valence-corrected chi connectivity index (χ1v) is 4.40. The maximum Gasteiger partial charge on any atom is 0.168 e. The number of benzene rings is 1. The first-order valence-electron chi connectivity index (χ1n) is 4.40. The van der Waals surface area contributed by atoms with Gasteiger partial charge in [0, 0.05) is 6.42 Å². The summed E-state index contributed by atoms with van der Waals surface area (Å²) in [5.41, 5.74) is -0.618. The number of ketones is 1. The van der Waals surface area contributed by atoms with E-state index < -0.39 is 5.60 Å². The number of carbonyl (C=O) groups excluding carboxylic acids is 1. The molecule has 14 heavy (non-hydrogen) atoms. The van der Waals surface area contributed by atoms with Crippen molar-refractivity contribution < 1.29 is 14.3 Å². The van der Waals surface area contributed by atoms with Gasteiger partial charge >= 0.3 is 0 Å². The standard InChI is InChI=1S/C11H13FO2/c1-11(2,14)10(13)7-8-3-5-9(12)6-4-8/h3-6,14H,7H2,1-2H3. The third-order valence-electron chi connectivity index (χ3n) is 1.96. The van der Waals surface area contributed by atoms with Gasteiger partial charge in [-0.25, -0.2) is 4.39 Å². The first kappa shape index (κ1) is 10.9. The lowest BCUT2D eigenvalue weighted by Gasteiger charge is -2.15. The fourth-order valence-electron chi connectivity index (χ4n) is 1.00. The molecule has 0 fully saturated rings. The SMILES string of the molecule is CC(C)(O)C(=O)Cc1ccc(F)cc1. The summed E-state index contributed by atoms with van der Waals surface area (Å²) in [5, 5.41) is 9.38. The van der Waals surface area contributed by atoms with E-state index in [4.69, 9.17) is 0 Å². The summed E-state index contributed by atoms with van der Waals surface area (Å²) >= 11 is 0. The Balaban J connectivity index is 2.71. The number of hydrogen-bond donors (Lipinski definition) is 1. The minimum atomic E-state index is -1.33. The molecule has 0 saturated carbocycles. The van der Waals surface area contributed by atoms with Gasteiger partial charge in [0.05, 0.1) is 0 Å². The summed E-state index contributed by atoms with van der Waals surface area (Å²) < 4.78 is 12.5. The Morgan fingerprint density at radius 2 is 1.86 bits per heavy atom. The highest BCUT2D eigenvalue weighted by atomic mass is 19.1. The Bertz CT molecular complexity index is 322. The van der Waals surface area contributed by atoms with Gasteiger partial charge in [0.15, 0.2) is 5.78 Å². The van der Waals surface area contributed by atoms with Crippen molar-refractivity contribution in [3.05, 3.63) is 35.6 Å². The van der Waals surface area contributed by atoms with Crippen molar-refractivity contribution in [1.82, 2.24) is 0 Å². The molecule has 0 amide bonds. The van der Waals surface area contributed by atoms with Crippen molar-refractivity contribution in [2.75, 3.05) is 0 Å². The monoisotopic (exact) mass is 196 g/mol. The molecule has 1 aromatic rings. The summed E-state index contributed by atoms with van der Waals surface area (Å²) in [6, 6.07) is 5.68. The fraction of sp³-hybridized carbons (Fsp3) is 0.364. The molecule has 0 bridgehead atoms. The van der Waals surface area contributed by atoms with Crippen molar-refractivity contribution in [1.29, 1.82) is 0 Å². The van der Waals surface area contributed by atoms with Crippen LogP contribution >= 0.6 is 0 Å². The Morgan fingerprint density at radius 1 is 1.36 bits per heavy atom. The average molecular weight is 196 g/mol. The van der Waals surface area contributed by atoms with Crippen LogP contribution in [0.25, 0.3) is 0 Å². The first-order chi connectivity index (χ1) is 6.39. The Hall–Kier alpha value is -1.22. The molecule has 0 heterocycles. The van der Waals surface area contributed by atoms with Crippen LogP contribution in [0.2, 0.25) is 0 Å². The second-order valence-electron chi connectivity index (χ2n) is 3.79. The molecular weight excluding hydrogens is 183 g/mol. The van der Waals surface area contributed by atoms with Crippen LogP contribution in [0.15, 0.2) is 24.3 Å². The molecule has 3 heteroatoms. The van der Waals surface area contributed by atoms with Crippen molar-refractivity contribution in [3.63, 3.8) is 0 Å².